The summed E-state index contributed by atoms with van der Waals surface area (Å²) in [6.07, 6.45) is 2.48. The summed E-state index contributed by atoms with van der Waals surface area (Å²) >= 11 is 1.28. The Labute approximate surface area is 150 Å². The SMILES string of the molecule is COc1ccc(-c2nc(C)c(C(=O)NCCN3CCCC3)s2)cc1F. The quantitative estimate of drug-likeness (QED) is 0.857. The minimum Gasteiger partial charge on any atom is -0.494 e. The molecule has 25 heavy (non-hydrogen) atoms. The molecule has 0 unspecified atom stereocenters. The zero-order valence-electron chi connectivity index (χ0n) is 14.5. The molecule has 1 saturated heterocycles. The van der Waals surface area contributed by atoms with Crippen LogP contribution in [0.15, 0.2) is 18.2 Å². The van der Waals surface area contributed by atoms with E-state index in [1.165, 1.54) is 37.4 Å². The molecule has 3 rings (SSSR count). The van der Waals surface area contributed by atoms with Gasteiger partial charge in [-0.3, -0.25) is 4.79 Å². The average molecular weight is 363 g/mol. The van der Waals surface area contributed by atoms with Crippen LogP contribution >= 0.6 is 11.3 Å². The van der Waals surface area contributed by atoms with Crippen LogP contribution in [0.1, 0.15) is 28.2 Å². The molecule has 0 bridgehead atoms. The van der Waals surface area contributed by atoms with Gasteiger partial charge in [0.25, 0.3) is 5.91 Å². The van der Waals surface area contributed by atoms with Crippen molar-refractivity contribution in [3.05, 3.63) is 34.6 Å². The van der Waals surface area contributed by atoms with Crippen LogP contribution in [0.2, 0.25) is 0 Å². The van der Waals surface area contributed by atoms with E-state index in [0.29, 0.717) is 27.7 Å². The fourth-order valence-corrected chi connectivity index (χ4v) is 3.92. The molecule has 2 heterocycles. The van der Waals surface area contributed by atoms with Gasteiger partial charge in [0, 0.05) is 18.7 Å². The van der Waals surface area contributed by atoms with E-state index in [2.05, 4.69) is 15.2 Å². The third-order valence-corrected chi connectivity index (χ3v) is 5.52. The standard InChI is InChI=1S/C18H22FN3O2S/c1-12-16(17(23)20-7-10-22-8-3-4-9-22)25-18(21-12)13-5-6-15(24-2)14(19)11-13/h5-6,11H,3-4,7-10H2,1-2H3,(H,20,23). The number of ether oxygens (including phenoxy) is 1. The van der Waals surface area contributed by atoms with Crippen molar-refractivity contribution in [2.45, 2.75) is 19.8 Å². The molecule has 1 fully saturated rings. The Hall–Kier alpha value is -1.99. The van der Waals surface area contributed by atoms with Gasteiger partial charge in [0.1, 0.15) is 9.88 Å². The smallest absolute Gasteiger partial charge is 0.263 e. The lowest BCUT2D eigenvalue weighted by atomic mass is 10.2. The van der Waals surface area contributed by atoms with Crippen molar-refractivity contribution in [3.63, 3.8) is 0 Å². The van der Waals surface area contributed by atoms with E-state index in [1.54, 1.807) is 19.1 Å². The molecule has 1 aliphatic rings. The lowest BCUT2D eigenvalue weighted by Gasteiger charge is -2.14. The van der Waals surface area contributed by atoms with E-state index in [4.69, 9.17) is 4.74 Å². The predicted molar refractivity (Wildman–Crippen MR) is 96.8 cm³/mol. The molecule has 1 aliphatic heterocycles. The second-order valence-electron chi connectivity index (χ2n) is 6.09. The van der Waals surface area contributed by atoms with Crippen molar-refractivity contribution in [2.24, 2.45) is 0 Å². The number of aromatic nitrogens is 1. The highest BCUT2D eigenvalue weighted by molar-refractivity contribution is 7.17. The molecule has 0 atom stereocenters. The summed E-state index contributed by atoms with van der Waals surface area (Å²) in [6.45, 7) is 5.53. The third-order valence-electron chi connectivity index (χ3n) is 4.31. The topological polar surface area (TPSA) is 54.5 Å². The van der Waals surface area contributed by atoms with Crippen LogP contribution < -0.4 is 10.1 Å². The highest BCUT2D eigenvalue weighted by atomic mass is 32.1. The Morgan fingerprint density at radius 2 is 2.16 bits per heavy atom. The third kappa shape index (κ3) is 4.16. The number of carbonyl (C=O) groups excluding carboxylic acids is 1. The van der Waals surface area contributed by atoms with Gasteiger partial charge in [0.2, 0.25) is 0 Å². The highest BCUT2D eigenvalue weighted by Gasteiger charge is 2.18. The number of hydrogen-bond donors (Lipinski definition) is 1. The Balaban J connectivity index is 1.66. The maximum Gasteiger partial charge on any atom is 0.263 e. The first kappa shape index (κ1) is 17.8. The van der Waals surface area contributed by atoms with Gasteiger partial charge in [-0.05, 0) is 51.1 Å². The Morgan fingerprint density at radius 1 is 1.40 bits per heavy atom. The number of thiazole rings is 1. The van der Waals surface area contributed by atoms with E-state index in [-0.39, 0.29) is 11.7 Å². The van der Waals surface area contributed by atoms with E-state index in [1.807, 2.05) is 0 Å². The summed E-state index contributed by atoms with van der Waals surface area (Å²) in [6, 6.07) is 4.69. The Kier molecular flexibility index (Phi) is 5.65. The van der Waals surface area contributed by atoms with E-state index >= 15 is 0 Å². The molecule has 1 aromatic heterocycles. The average Bonchev–Trinajstić information content (AvgIpc) is 3.24. The highest BCUT2D eigenvalue weighted by Crippen LogP contribution is 2.30. The first-order valence-corrected chi connectivity index (χ1v) is 9.22. The Morgan fingerprint density at radius 3 is 2.84 bits per heavy atom. The maximum atomic E-state index is 13.9. The number of amides is 1. The number of likely N-dealkylation sites (tertiary alicyclic amines) is 1. The molecular weight excluding hydrogens is 341 g/mol. The number of halogens is 1. The fraction of sp³-hybridized carbons (Fsp3) is 0.444. The molecule has 134 valence electrons. The maximum absolute atomic E-state index is 13.9. The Bertz CT molecular complexity index is 757. The number of aryl methyl sites for hydroxylation is 1. The van der Waals surface area contributed by atoms with Gasteiger partial charge >= 0.3 is 0 Å². The van der Waals surface area contributed by atoms with E-state index in [9.17, 15) is 9.18 Å². The molecule has 0 saturated carbocycles. The molecule has 1 N–H and O–H groups in total. The minimum atomic E-state index is -0.440. The monoisotopic (exact) mass is 363 g/mol. The van der Waals surface area contributed by atoms with E-state index < -0.39 is 5.82 Å². The molecule has 0 radical (unpaired) electrons. The van der Waals surface area contributed by atoms with Crippen molar-refractivity contribution in [2.75, 3.05) is 33.3 Å². The zero-order chi connectivity index (χ0) is 17.8. The molecular formula is C18H22FN3O2S. The zero-order valence-corrected chi connectivity index (χ0v) is 15.3. The normalized spacial score (nSPS) is 14.7. The van der Waals surface area contributed by atoms with Gasteiger partial charge in [0.15, 0.2) is 11.6 Å². The lowest BCUT2D eigenvalue weighted by molar-refractivity contribution is 0.0953. The fourth-order valence-electron chi connectivity index (χ4n) is 2.94. The second kappa shape index (κ2) is 7.93. The van der Waals surface area contributed by atoms with Crippen LogP contribution in [0.5, 0.6) is 5.75 Å². The summed E-state index contributed by atoms with van der Waals surface area (Å²) < 4.78 is 18.8. The minimum absolute atomic E-state index is 0.116. The summed E-state index contributed by atoms with van der Waals surface area (Å²) in [5.74, 6) is -0.365. The van der Waals surface area contributed by atoms with Crippen LogP contribution in [0.25, 0.3) is 10.6 Å². The molecule has 5 nitrogen and oxygen atoms in total. The van der Waals surface area contributed by atoms with Crippen molar-refractivity contribution in [1.29, 1.82) is 0 Å². The molecule has 0 aliphatic carbocycles. The second-order valence-corrected chi connectivity index (χ2v) is 7.09. The van der Waals surface area contributed by atoms with Crippen LogP contribution in [0.4, 0.5) is 4.39 Å². The van der Waals surface area contributed by atoms with Crippen molar-refractivity contribution in [3.8, 4) is 16.3 Å². The summed E-state index contributed by atoms with van der Waals surface area (Å²) in [5.41, 5.74) is 1.30. The number of rotatable bonds is 6. The van der Waals surface area contributed by atoms with Gasteiger partial charge in [0.05, 0.1) is 12.8 Å². The first-order chi connectivity index (χ1) is 12.1. The number of benzene rings is 1. The van der Waals surface area contributed by atoms with Crippen LogP contribution in [-0.2, 0) is 0 Å². The van der Waals surface area contributed by atoms with Gasteiger partial charge in [-0.25, -0.2) is 9.37 Å². The summed E-state index contributed by atoms with van der Waals surface area (Å²) in [4.78, 5) is 19.8. The summed E-state index contributed by atoms with van der Waals surface area (Å²) in [5, 5.41) is 3.59. The number of nitrogens with zero attached hydrogens (tertiary/aromatic N) is 2. The van der Waals surface area contributed by atoms with Crippen LogP contribution in [-0.4, -0.2) is 49.1 Å². The number of hydrogen-bond acceptors (Lipinski definition) is 5. The van der Waals surface area contributed by atoms with Crippen LogP contribution in [0.3, 0.4) is 0 Å². The molecule has 2 aromatic rings. The molecule has 7 heteroatoms. The van der Waals surface area contributed by atoms with Gasteiger partial charge in [-0.15, -0.1) is 11.3 Å². The lowest BCUT2D eigenvalue weighted by Crippen LogP contribution is -2.33. The van der Waals surface area contributed by atoms with Gasteiger partial charge in [-0.1, -0.05) is 0 Å². The van der Waals surface area contributed by atoms with Crippen LogP contribution in [0, 0.1) is 12.7 Å². The largest absolute Gasteiger partial charge is 0.494 e. The number of nitrogens with one attached hydrogen (secondary N) is 1. The molecule has 1 aromatic carbocycles. The van der Waals surface area contributed by atoms with Gasteiger partial charge in [-0.2, -0.15) is 0 Å². The van der Waals surface area contributed by atoms with Gasteiger partial charge < -0.3 is 15.0 Å². The molecule has 1 amide bonds. The summed E-state index contributed by atoms with van der Waals surface area (Å²) in [7, 11) is 1.43. The van der Waals surface area contributed by atoms with Crippen molar-refractivity contribution >= 4 is 17.2 Å². The first-order valence-electron chi connectivity index (χ1n) is 8.40. The van der Waals surface area contributed by atoms with E-state index in [0.717, 1.165) is 19.6 Å². The molecule has 0 spiro atoms. The number of carbonyl (C=O) groups is 1. The van der Waals surface area contributed by atoms with Crippen molar-refractivity contribution < 1.29 is 13.9 Å². The number of methoxy groups -OCH3 is 1. The van der Waals surface area contributed by atoms with Crippen molar-refractivity contribution in [1.82, 2.24) is 15.2 Å². The predicted octanol–water partition coefficient (Wildman–Crippen LogP) is 3.09.